The number of nitrogens with zero attached hydrogens (tertiary/aromatic N) is 2. The summed E-state index contributed by atoms with van der Waals surface area (Å²) in [7, 11) is 0. The summed E-state index contributed by atoms with van der Waals surface area (Å²) < 4.78 is 2.24. The van der Waals surface area contributed by atoms with Gasteiger partial charge in [-0.1, -0.05) is 6.92 Å². The van der Waals surface area contributed by atoms with E-state index in [1.165, 1.54) is 23.6 Å². The Kier molecular flexibility index (Phi) is 4.36. The normalized spacial score (nSPS) is 10.7. The Labute approximate surface area is 84.7 Å². The maximum Gasteiger partial charge on any atom is 0.0951 e. The molecule has 1 aromatic rings. The molecule has 0 spiro atoms. The summed E-state index contributed by atoms with van der Waals surface area (Å²) in [5.41, 5.74) is 2.46. The lowest BCUT2D eigenvalue weighted by Gasteiger charge is -2.04. The van der Waals surface area contributed by atoms with Gasteiger partial charge in [0.2, 0.25) is 0 Å². The number of aromatic nitrogens is 2. The predicted octanol–water partition coefficient (Wildman–Crippen LogP) is 2.64. The van der Waals surface area contributed by atoms with Crippen LogP contribution in [0.3, 0.4) is 0 Å². The summed E-state index contributed by atoms with van der Waals surface area (Å²) in [5.74, 6) is 2.48. The van der Waals surface area contributed by atoms with Crippen molar-refractivity contribution in [2.75, 3.05) is 11.5 Å². The first-order valence-electron chi connectivity index (χ1n) is 4.81. The number of hydrogen-bond donors (Lipinski definition) is 0. The summed E-state index contributed by atoms with van der Waals surface area (Å²) in [4.78, 5) is 4.27. The number of hydrogen-bond acceptors (Lipinski definition) is 2. The molecule has 0 atom stereocenters. The number of aryl methyl sites for hydroxylation is 2. The van der Waals surface area contributed by atoms with E-state index in [0.29, 0.717) is 0 Å². The maximum atomic E-state index is 4.27. The molecule has 1 aromatic heterocycles. The second-order valence-electron chi connectivity index (χ2n) is 3.16. The van der Waals surface area contributed by atoms with Crippen LogP contribution in [0.4, 0.5) is 0 Å². The Balaban J connectivity index is 2.32. The highest BCUT2D eigenvalue weighted by atomic mass is 32.2. The lowest BCUT2D eigenvalue weighted by atomic mass is 10.3. The topological polar surface area (TPSA) is 17.8 Å². The molecule has 13 heavy (non-hydrogen) atoms. The molecule has 74 valence electrons. The molecule has 1 rings (SSSR count). The molecule has 0 bridgehead atoms. The van der Waals surface area contributed by atoms with Crippen molar-refractivity contribution in [1.29, 1.82) is 0 Å². The van der Waals surface area contributed by atoms with E-state index in [2.05, 4.69) is 30.3 Å². The van der Waals surface area contributed by atoms with Crippen LogP contribution in [0.2, 0.25) is 0 Å². The van der Waals surface area contributed by atoms with E-state index in [1.54, 1.807) is 0 Å². The van der Waals surface area contributed by atoms with Crippen molar-refractivity contribution in [1.82, 2.24) is 9.55 Å². The quantitative estimate of drug-likeness (QED) is 0.677. The van der Waals surface area contributed by atoms with Crippen molar-refractivity contribution < 1.29 is 0 Å². The molecule has 2 nitrogen and oxygen atoms in total. The minimum Gasteiger partial charge on any atom is -0.335 e. The molecule has 0 aliphatic heterocycles. The molecule has 1 heterocycles. The minimum absolute atomic E-state index is 1.11. The van der Waals surface area contributed by atoms with Crippen LogP contribution in [0, 0.1) is 13.8 Å². The summed E-state index contributed by atoms with van der Waals surface area (Å²) in [6.45, 7) is 7.51. The number of rotatable bonds is 5. The molecule has 0 aromatic carbocycles. The fourth-order valence-corrected chi connectivity index (χ4v) is 1.87. The Bertz CT molecular complexity index is 255. The van der Waals surface area contributed by atoms with Gasteiger partial charge in [0.05, 0.1) is 12.0 Å². The standard InChI is InChI=1S/C10H18N2S/c1-4-13-7-5-6-12-8-11-9(2)10(12)3/h8H,4-7H2,1-3H3. The molecular formula is C10H18N2S. The van der Waals surface area contributed by atoms with Gasteiger partial charge in [-0.25, -0.2) is 4.98 Å². The third-order valence-corrected chi connectivity index (χ3v) is 3.22. The molecular weight excluding hydrogens is 180 g/mol. The molecule has 0 saturated heterocycles. The molecule has 0 radical (unpaired) electrons. The van der Waals surface area contributed by atoms with Crippen molar-refractivity contribution in [2.24, 2.45) is 0 Å². The Morgan fingerprint density at radius 2 is 2.23 bits per heavy atom. The van der Waals surface area contributed by atoms with E-state index in [9.17, 15) is 0 Å². The van der Waals surface area contributed by atoms with Gasteiger partial charge in [0.15, 0.2) is 0 Å². The Morgan fingerprint density at radius 3 is 2.77 bits per heavy atom. The highest BCUT2D eigenvalue weighted by molar-refractivity contribution is 7.99. The van der Waals surface area contributed by atoms with Crippen molar-refractivity contribution >= 4 is 11.8 Å². The molecule has 0 unspecified atom stereocenters. The molecule has 3 heteroatoms. The summed E-state index contributed by atoms with van der Waals surface area (Å²) in [6.07, 6.45) is 3.19. The average Bonchev–Trinajstić information content (AvgIpc) is 2.43. The molecule has 0 saturated carbocycles. The van der Waals surface area contributed by atoms with E-state index in [-0.39, 0.29) is 0 Å². The van der Waals surface area contributed by atoms with Gasteiger partial charge in [-0.05, 0) is 31.8 Å². The smallest absolute Gasteiger partial charge is 0.0951 e. The van der Waals surface area contributed by atoms with Crippen LogP contribution in [0.15, 0.2) is 6.33 Å². The van der Waals surface area contributed by atoms with Gasteiger partial charge in [-0.2, -0.15) is 11.8 Å². The van der Waals surface area contributed by atoms with E-state index in [4.69, 9.17) is 0 Å². The molecule has 0 aliphatic carbocycles. The fraction of sp³-hybridized carbons (Fsp3) is 0.700. The van der Waals surface area contributed by atoms with Crippen LogP contribution < -0.4 is 0 Å². The van der Waals surface area contributed by atoms with Gasteiger partial charge in [0.25, 0.3) is 0 Å². The predicted molar refractivity (Wildman–Crippen MR) is 59.3 cm³/mol. The molecule has 0 N–H and O–H groups in total. The van der Waals surface area contributed by atoms with Crippen LogP contribution >= 0.6 is 11.8 Å². The zero-order chi connectivity index (χ0) is 9.68. The van der Waals surface area contributed by atoms with Gasteiger partial charge in [0, 0.05) is 12.2 Å². The minimum atomic E-state index is 1.11. The Morgan fingerprint density at radius 1 is 1.46 bits per heavy atom. The highest BCUT2D eigenvalue weighted by Gasteiger charge is 2.00. The van der Waals surface area contributed by atoms with Crippen molar-refractivity contribution in [3.8, 4) is 0 Å². The van der Waals surface area contributed by atoms with Crippen molar-refractivity contribution in [3.05, 3.63) is 17.7 Å². The number of thioether (sulfide) groups is 1. The lowest BCUT2D eigenvalue weighted by molar-refractivity contribution is 0.665. The highest BCUT2D eigenvalue weighted by Crippen LogP contribution is 2.07. The third-order valence-electron chi connectivity index (χ3n) is 2.24. The first-order chi connectivity index (χ1) is 6.25. The number of imidazole rings is 1. The van der Waals surface area contributed by atoms with Gasteiger partial charge in [-0.15, -0.1) is 0 Å². The summed E-state index contributed by atoms with van der Waals surface area (Å²) >= 11 is 2.01. The van der Waals surface area contributed by atoms with Gasteiger partial charge >= 0.3 is 0 Å². The third kappa shape index (κ3) is 3.07. The van der Waals surface area contributed by atoms with Gasteiger partial charge in [0.1, 0.15) is 0 Å². The van der Waals surface area contributed by atoms with Crippen LogP contribution in [-0.4, -0.2) is 21.1 Å². The average molecular weight is 198 g/mol. The summed E-state index contributed by atoms with van der Waals surface area (Å²) in [6, 6.07) is 0. The zero-order valence-corrected chi connectivity index (χ0v) is 9.52. The van der Waals surface area contributed by atoms with E-state index in [1.807, 2.05) is 18.1 Å². The second-order valence-corrected chi connectivity index (χ2v) is 4.55. The molecule has 0 amide bonds. The Hall–Kier alpha value is -0.440. The second kappa shape index (κ2) is 5.32. The fourth-order valence-electron chi connectivity index (χ4n) is 1.25. The monoisotopic (exact) mass is 198 g/mol. The van der Waals surface area contributed by atoms with Gasteiger partial charge < -0.3 is 4.57 Å². The first-order valence-corrected chi connectivity index (χ1v) is 5.97. The molecule has 0 aliphatic rings. The van der Waals surface area contributed by atoms with E-state index in [0.717, 1.165) is 12.2 Å². The van der Waals surface area contributed by atoms with Crippen LogP contribution in [0.25, 0.3) is 0 Å². The largest absolute Gasteiger partial charge is 0.335 e. The maximum absolute atomic E-state index is 4.27. The zero-order valence-electron chi connectivity index (χ0n) is 8.71. The van der Waals surface area contributed by atoms with Gasteiger partial charge in [-0.3, -0.25) is 0 Å². The molecule has 0 fully saturated rings. The first kappa shape index (κ1) is 10.6. The van der Waals surface area contributed by atoms with Crippen LogP contribution in [0.5, 0.6) is 0 Å². The van der Waals surface area contributed by atoms with Crippen molar-refractivity contribution in [2.45, 2.75) is 33.7 Å². The lowest BCUT2D eigenvalue weighted by Crippen LogP contribution is -2.00. The van der Waals surface area contributed by atoms with E-state index < -0.39 is 0 Å². The SMILES string of the molecule is CCSCCCn1cnc(C)c1C. The van der Waals surface area contributed by atoms with Crippen LogP contribution in [-0.2, 0) is 6.54 Å². The van der Waals surface area contributed by atoms with E-state index >= 15 is 0 Å². The summed E-state index contributed by atoms with van der Waals surface area (Å²) in [5, 5.41) is 0. The van der Waals surface area contributed by atoms with Crippen molar-refractivity contribution in [3.63, 3.8) is 0 Å². The van der Waals surface area contributed by atoms with Crippen LogP contribution in [0.1, 0.15) is 24.7 Å².